The Kier molecular flexibility index (Phi) is 4.58. The number of aryl methyl sites for hydroxylation is 1. The SMILES string of the molecule is CC(=O)Nc1nc(C)c(OCc2ccccc2)c(C)c1C. The predicted molar refractivity (Wildman–Crippen MR) is 83.5 cm³/mol. The number of amides is 1. The molecule has 0 radical (unpaired) electrons. The summed E-state index contributed by atoms with van der Waals surface area (Å²) in [4.78, 5) is 15.6. The number of nitrogens with zero attached hydrogens (tertiary/aromatic N) is 1. The van der Waals surface area contributed by atoms with Crippen LogP contribution in [0.4, 0.5) is 5.82 Å². The van der Waals surface area contributed by atoms with Crippen LogP contribution in [-0.2, 0) is 11.4 Å². The highest BCUT2D eigenvalue weighted by atomic mass is 16.5. The summed E-state index contributed by atoms with van der Waals surface area (Å²) in [5.74, 6) is 1.26. The summed E-state index contributed by atoms with van der Waals surface area (Å²) in [6.45, 7) is 7.78. The quantitative estimate of drug-likeness (QED) is 0.934. The van der Waals surface area contributed by atoms with Crippen molar-refractivity contribution in [3.63, 3.8) is 0 Å². The van der Waals surface area contributed by atoms with Crippen molar-refractivity contribution in [1.82, 2.24) is 4.98 Å². The van der Waals surface area contributed by atoms with Gasteiger partial charge >= 0.3 is 0 Å². The molecule has 0 unspecified atom stereocenters. The molecule has 1 amide bonds. The predicted octanol–water partition coefficient (Wildman–Crippen LogP) is 3.54. The van der Waals surface area contributed by atoms with Crippen molar-refractivity contribution in [3.8, 4) is 5.75 Å². The lowest BCUT2D eigenvalue weighted by Gasteiger charge is -2.16. The molecule has 0 aliphatic carbocycles. The minimum Gasteiger partial charge on any atom is -0.487 e. The van der Waals surface area contributed by atoms with E-state index in [0.717, 1.165) is 28.1 Å². The third kappa shape index (κ3) is 3.60. The normalized spacial score (nSPS) is 10.3. The van der Waals surface area contributed by atoms with Gasteiger partial charge < -0.3 is 10.1 Å². The zero-order chi connectivity index (χ0) is 15.4. The van der Waals surface area contributed by atoms with E-state index in [2.05, 4.69) is 10.3 Å². The molecule has 0 saturated heterocycles. The molecule has 1 aromatic carbocycles. The fourth-order valence-corrected chi connectivity index (χ4v) is 2.15. The van der Waals surface area contributed by atoms with Crippen molar-refractivity contribution < 1.29 is 9.53 Å². The lowest BCUT2D eigenvalue weighted by Crippen LogP contribution is -2.11. The summed E-state index contributed by atoms with van der Waals surface area (Å²) in [6.07, 6.45) is 0. The molecule has 1 heterocycles. The van der Waals surface area contributed by atoms with Crippen LogP contribution in [0.15, 0.2) is 30.3 Å². The van der Waals surface area contributed by atoms with Gasteiger partial charge in [0, 0.05) is 6.92 Å². The molecule has 1 aromatic heterocycles. The van der Waals surface area contributed by atoms with E-state index in [1.54, 1.807) is 0 Å². The number of anilines is 1. The highest BCUT2D eigenvalue weighted by Crippen LogP contribution is 2.29. The molecule has 110 valence electrons. The van der Waals surface area contributed by atoms with Crippen LogP contribution in [0.1, 0.15) is 29.3 Å². The van der Waals surface area contributed by atoms with Crippen LogP contribution in [0.2, 0.25) is 0 Å². The summed E-state index contributed by atoms with van der Waals surface area (Å²) < 4.78 is 5.92. The minimum atomic E-state index is -0.123. The number of nitrogens with one attached hydrogen (secondary N) is 1. The molecular weight excluding hydrogens is 264 g/mol. The van der Waals surface area contributed by atoms with Gasteiger partial charge in [0.1, 0.15) is 18.2 Å². The van der Waals surface area contributed by atoms with Gasteiger partial charge in [0.2, 0.25) is 5.91 Å². The molecule has 2 rings (SSSR count). The maximum Gasteiger partial charge on any atom is 0.222 e. The fraction of sp³-hybridized carbons (Fsp3) is 0.294. The van der Waals surface area contributed by atoms with Gasteiger partial charge in [-0.15, -0.1) is 0 Å². The Morgan fingerprint density at radius 2 is 1.81 bits per heavy atom. The van der Waals surface area contributed by atoms with Crippen molar-refractivity contribution in [2.75, 3.05) is 5.32 Å². The number of rotatable bonds is 4. The first-order valence-electron chi connectivity index (χ1n) is 6.91. The second kappa shape index (κ2) is 6.39. The van der Waals surface area contributed by atoms with E-state index in [0.29, 0.717) is 12.4 Å². The summed E-state index contributed by atoms with van der Waals surface area (Å²) in [7, 11) is 0. The molecule has 0 saturated carbocycles. The monoisotopic (exact) mass is 284 g/mol. The Balaban J connectivity index is 2.24. The van der Waals surface area contributed by atoms with Gasteiger partial charge in [-0.2, -0.15) is 0 Å². The number of aromatic nitrogens is 1. The highest BCUT2D eigenvalue weighted by Gasteiger charge is 2.14. The average Bonchev–Trinajstić information content (AvgIpc) is 2.45. The van der Waals surface area contributed by atoms with E-state index < -0.39 is 0 Å². The summed E-state index contributed by atoms with van der Waals surface area (Å²) >= 11 is 0. The van der Waals surface area contributed by atoms with Crippen molar-refractivity contribution in [1.29, 1.82) is 0 Å². The maximum atomic E-state index is 11.2. The van der Waals surface area contributed by atoms with Gasteiger partial charge in [-0.3, -0.25) is 4.79 Å². The van der Waals surface area contributed by atoms with Crippen molar-refractivity contribution in [3.05, 3.63) is 52.7 Å². The van der Waals surface area contributed by atoms with Crippen molar-refractivity contribution >= 4 is 11.7 Å². The lowest BCUT2D eigenvalue weighted by molar-refractivity contribution is -0.114. The lowest BCUT2D eigenvalue weighted by atomic mass is 10.1. The van der Waals surface area contributed by atoms with Crippen LogP contribution in [0.3, 0.4) is 0 Å². The smallest absolute Gasteiger partial charge is 0.222 e. The highest BCUT2D eigenvalue weighted by molar-refractivity contribution is 5.88. The molecule has 0 spiro atoms. The summed E-state index contributed by atoms with van der Waals surface area (Å²) in [5, 5.41) is 2.75. The van der Waals surface area contributed by atoms with E-state index in [9.17, 15) is 4.79 Å². The third-order valence-electron chi connectivity index (χ3n) is 3.39. The molecule has 4 heteroatoms. The molecule has 0 bridgehead atoms. The van der Waals surface area contributed by atoms with Crippen molar-refractivity contribution in [2.45, 2.75) is 34.3 Å². The number of hydrogen-bond acceptors (Lipinski definition) is 3. The third-order valence-corrected chi connectivity index (χ3v) is 3.39. The molecule has 0 aliphatic heterocycles. The number of benzene rings is 1. The maximum absolute atomic E-state index is 11.2. The summed E-state index contributed by atoms with van der Waals surface area (Å²) in [5.41, 5.74) is 3.82. The van der Waals surface area contributed by atoms with Crippen molar-refractivity contribution in [2.24, 2.45) is 0 Å². The van der Waals surface area contributed by atoms with E-state index in [-0.39, 0.29) is 5.91 Å². The van der Waals surface area contributed by atoms with E-state index in [1.165, 1.54) is 6.92 Å². The van der Waals surface area contributed by atoms with Crippen LogP contribution in [-0.4, -0.2) is 10.9 Å². The van der Waals surface area contributed by atoms with E-state index in [4.69, 9.17) is 4.74 Å². The number of ether oxygens (including phenoxy) is 1. The molecule has 0 atom stereocenters. The summed E-state index contributed by atoms with van der Waals surface area (Å²) in [6, 6.07) is 10.0. The number of hydrogen-bond donors (Lipinski definition) is 1. The average molecular weight is 284 g/mol. The van der Waals surface area contributed by atoms with Gasteiger partial charge in [-0.1, -0.05) is 30.3 Å². The van der Waals surface area contributed by atoms with Crippen LogP contribution in [0.25, 0.3) is 0 Å². The number of carbonyl (C=O) groups excluding carboxylic acids is 1. The number of pyridine rings is 1. The second-order valence-electron chi connectivity index (χ2n) is 5.08. The molecule has 2 aromatic rings. The molecule has 0 aliphatic rings. The van der Waals surface area contributed by atoms with Crippen LogP contribution in [0.5, 0.6) is 5.75 Å². The largest absolute Gasteiger partial charge is 0.487 e. The Hall–Kier alpha value is -2.36. The van der Waals surface area contributed by atoms with Gasteiger partial charge in [-0.25, -0.2) is 4.98 Å². The first-order chi connectivity index (χ1) is 9.99. The minimum absolute atomic E-state index is 0.123. The van der Waals surface area contributed by atoms with Crippen LogP contribution < -0.4 is 10.1 Å². The zero-order valence-electron chi connectivity index (χ0n) is 12.9. The van der Waals surface area contributed by atoms with Gasteiger partial charge in [-0.05, 0) is 37.5 Å². The Morgan fingerprint density at radius 1 is 1.14 bits per heavy atom. The van der Waals surface area contributed by atoms with Crippen LogP contribution in [0, 0.1) is 20.8 Å². The molecule has 21 heavy (non-hydrogen) atoms. The van der Waals surface area contributed by atoms with Gasteiger partial charge in [0.25, 0.3) is 0 Å². The molecule has 1 N–H and O–H groups in total. The first kappa shape index (κ1) is 15.0. The van der Waals surface area contributed by atoms with Crippen LogP contribution >= 0.6 is 0 Å². The molecular formula is C17H20N2O2. The van der Waals surface area contributed by atoms with Gasteiger partial charge in [0.05, 0.1) is 5.69 Å². The Morgan fingerprint density at radius 3 is 2.43 bits per heavy atom. The number of carbonyl (C=O) groups is 1. The Labute approximate surface area is 125 Å². The first-order valence-corrected chi connectivity index (χ1v) is 6.91. The topological polar surface area (TPSA) is 51.2 Å². The standard InChI is InChI=1S/C17H20N2O2/c1-11-12(2)17(19-14(4)20)18-13(3)16(11)21-10-15-8-6-5-7-9-15/h5-9H,10H2,1-4H3,(H,18,19,20). The Bertz CT molecular complexity index is 652. The van der Waals surface area contributed by atoms with Gasteiger partial charge in [0.15, 0.2) is 0 Å². The second-order valence-corrected chi connectivity index (χ2v) is 5.08. The van der Waals surface area contributed by atoms with E-state index >= 15 is 0 Å². The molecule has 4 nitrogen and oxygen atoms in total. The molecule has 0 fully saturated rings. The van der Waals surface area contributed by atoms with E-state index in [1.807, 2.05) is 51.1 Å². The fourth-order valence-electron chi connectivity index (χ4n) is 2.15. The zero-order valence-corrected chi connectivity index (χ0v) is 12.9.